The SMILES string of the molecule is O=C(Nc1ccc2ncn(Cc3ccccc3)c(=O)c2c1)C1(c2ccccc2)CC1. The van der Waals surface area contributed by atoms with Gasteiger partial charge in [-0.05, 0) is 42.2 Å². The van der Waals surface area contributed by atoms with E-state index in [1.54, 1.807) is 29.1 Å². The second-order valence-electron chi connectivity index (χ2n) is 7.80. The van der Waals surface area contributed by atoms with Crippen molar-refractivity contribution >= 4 is 22.5 Å². The number of amides is 1. The monoisotopic (exact) mass is 395 g/mol. The Labute approximate surface area is 174 Å². The fraction of sp³-hybridized carbons (Fsp3) is 0.160. The average molecular weight is 395 g/mol. The number of fused-ring (bicyclic) bond motifs is 1. The first-order valence-electron chi connectivity index (χ1n) is 10.1. The Kier molecular flexibility index (Phi) is 4.43. The summed E-state index contributed by atoms with van der Waals surface area (Å²) in [5.74, 6) is -0.0263. The summed E-state index contributed by atoms with van der Waals surface area (Å²) in [4.78, 5) is 30.4. The molecule has 148 valence electrons. The highest BCUT2D eigenvalue weighted by atomic mass is 16.2. The quantitative estimate of drug-likeness (QED) is 0.553. The molecule has 1 saturated carbocycles. The second kappa shape index (κ2) is 7.26. The summed E-state index contributed by atoms with van der Waals surface area (Å²) in [5, 5.41) is 3.51. The molecule has 1 aliphatic rings. The number of hydrogen-bond donors (Lipinski definition) is 1. The minimum Gasteiger partial charge on any atom is -0.325 e. The first-order chi connectivity index (χ1) is 14.7. The van der Waals surface area contributed by atoms with Crippen molar-refractivity contribution in [3.8, 4) is 0 Å². The Bertz CT molecular complexity index is 1280. The molecule has 0 saturated heterocycles. The van der Waals surface area contributed by atoms with Crippen LogP contribution in [-0.2, 0) is 16.8 Å². The van der Waals surface area contributed by atoms with Gasteiger partial charge in [0.15, 0.2) is 0 Å². The molecule has 0 aliphatic heterocycles. The molecule has 0 unspecified atom stereocenters. The molecule has 0 radical (unpaired) electrons. The first-order valence-corrected chi connectivity index (χ1v) is 10.1. The first kappa shape index (κ1) is 18.3. The molecule has 4 aromatic rings. The summed E-state index contributed by atoms with van der Waals surface area (Å²) in [6.45, 7) is 0.455. The van der Waals surface area contributed by atoms with Crippen LogP contribution < -0.4 is 10.9 Å². The molecule has 1 aromatic heterocycles. The van der Waals surface area contributed by atoms with Crippen LogP contribution in [0.15, 0.2) is 90.0 Å². The molecule has 1 aliphatic carbocycles. The number of nitrogens with one attached hydrogen (secondary N) is 1. The van der Waals surface area contributed by atoms with Crippen molar-refractivity contribution in [3.05, 3.63) is 107 Å². The average Bonchev–Trinajstić information content (AvgIpc) is 3.60. The summed E-state index contributed by atoms with van der Waals surface area (Å²) < 4.78 is 1.59. The van der Waals surface area contributed by atoms with E-state index in [4.69, 9.17) is 0 Å². The zero-order chi connectivity index (χ0) is 20.6. The van der Waals surface area contributed by atoms with Crippen molar-refractivity contribution in [3.63, 3.8) is 0 Å². The smallest absolute Gasteiger partial charge is 0.261 e. The van der Waals surface area contributed by atoms with Gasteiger partial charge in [0.25, 0.3) is 5.56 Å². The lowest BCUT2D eigenvalue weighted by atomic mass is 9.95. The van der Waals surface area contributed by atoms with Crippen LogP contribution in [0.4, 0.5) is 5.69 Å². The number of rotatable bonds is 5. The van der Waals surface area contributed by atoms with Crippen LogP contribution in [0, 0.1) is 0 Å². The predicted octanol–water partition coefficient (Wildman–Crippen LogP) is 4.12. The van der Waals surface area contributed by atoms with Crippen LogP contribution in [0.2, 0.25) is 0 Å². The summed E-state index contributed by atoms with van der Waals surface area (Å²) in [7, 11) is 0. The van der Waals surface area contributed by atoms with Gasteiger partial charge in [0.1, 0.15) is 0 Å². The molecular weight excluding hydrogens is 374 g/mol. The lowest BCUT2D eigenvalue weighted by molar-refractivity contribution is -0.118. The molecule has 0 bridgehead atoms. The minimum absolute atomic E-state index is 0.0263. The highest BCUT2D eigenvalue weighted by Crippen LogP contribution is 2.48. The summed E-state index contributed by atoms with van der Waals surface area (Å²) in [5.41, 5.74) is 2.72. The standard InChI is InChI=1S/C25H21N3O2/c29-23-21-15-20(27-24(30)25(13-14-25)19-9-5-2-6-10-19)11-12-22(21)26-17-28(23)16-18-7-3-1-4-8-18/h1-12,15,17H,13-14,16H2,(H,27,30). The van der Waals surface area contributed by atoms with Crippen molar-refractivity contribution in [1.82, 2.24) is 9.55 Å². The Balaban J connectivity index is 1.44. The van der Waals surface area contributed by atoms with E-state index in [2.05, 4.69) is 10.3 Å². The highest BCUT2D eigenvalue weighted by Gasteiger charge is 2.51. The molecule has 0 atom stereocenters. The lowest BCUT2D eigenvalue weighted by Gasteiger charge is -2.16. The molecule has 1 N–H and O–H groups in total. The van der Waals surface area contributed by atoms with E-state index in [1.807, 2.05) is 60.7 Å². The zero-order valence-corrected chi connectivity index (χ0v) is 16.4. The number of carbonyl (C=O) groups excluding carboxylic acids is 1. The van der Waals surface area contributed by atoms with Gasteiger partial charge in [-0.25, -0.2) is 4.98 Å². The Morgan fingerprint density at radius 2 is 1.67 bits per heavy atom. The van der Waals surface area contributed by atoms with Crippen LogP contribution >= 0.6 is 0 Å². The van der Waals surface area contributed by atoms with Gasteiger partial charge in [-0.15, -0.1) is 0 Å². The third-order valence-corrected chi connectivity index (χ3v) is 5.79. The zero-order valence-electron chi connectivity index (χ0n) is 16.4. The largest absolute Gasteiger partial charge is 0.325 e. The summed E-state index contributed by atoms with van der Waals surface area (Å²) >= 11 is 0. The van der Waals surface area contributed by atoms with Gasteiger partial charge in [0, 0.05) is 5.69 Å². The predicted molar refractivity (Wildman–Crippen MR) is 118 cm³/mol. The minimum atomic E-state index is -0.460. The van der Waals surface area contributed by atoms with E-state index < -0.39 is 5.41 Å². The molecule has 1 heterocycles. The molecule has 1 fully saturated rings. The van der Waals surface area contributed by atoms with Gasteiger partial charge in [0.05, 0.1) is 29.2 Å². The van der Waals surface area contributed by atoms with Gasteiger partial charge in [-0.1, -0.05) is 60.7 Å². The van der Waals surface area contributed by atoms with Gasteiger partial charge in [0.2, 0.25) is 5.91 Å². The summed E-state index contributed by atoms with van der Waals surface area (Å²) in [6, 6.07) is 25.0. The van der Waals surface area contributed by atoms with Gasteiger partial charge >= 0.3 is 0 Å². The third kappa shape index (κ3) is 3.28. The molecule has 0 spiro atoms. The molecule has 5 nitrogen and oxygen atoms in total. The molecule has 5 heteroatoms. The van der Waals surface area contributed by atoms with Crippen LogP contribution in [0.5, 0.6) is 0 Å². The lowest BCUT2D eigenvalue weighted by Crippen LogP contribution is -2.28. The molecule has 30 heavy (non-hydrogen) atoms. The van der Waals surface area contributed by atoms with E-state index in [0.717, 1.165) is 24.0 Å². The van der Waals surface area contributed by atoms with E-state index in [-0.39, 0.29) is 11.5 Å². The topological polar surface area (TPSA) is 64.0 Å². The molecule has 1 amide bonds. The summed E-state index contributed by atoms with van der Waals surface area (Å²) in [6.07, 6.45) is 3.24. The fourth-order valence-corrected chi connectivity index (χ4v) is 3.91. The fourth-order valence-electron chi connectivity index (χ4n) is 3.91. The van der Waals surface area contributed by atoms with E-state index in [0.29, 0.717) is 23.1 Å². The number of anilines is 1. The number of hydrogen-bond acceptors (Lipinski definition) is 3. The van der Waals surface area contributed by atoms with Crippen LogP contribution in [0.3, 0.4) is 0 Å². The number of nitrogens with zero attached hydrogens (tertiary/aromatic N) is 2. The Morgan fingerprint density at radius 3 is 2.37 bits per heavy atom. The maximum Gasteiger partial charge on any atom is 0.261 e. The Hall–Kier alpha value is -3.73. The highest BCUT2D eigenvalue weighted by molar-refractivity contribution is 6.02. The van der Waals surface area contributed by atoms with Crippen molar-refractivity contribution < 1.29 is 4.79 Å². The van der Waals surface area contributed by atoms with Crippen molar-refractivity contribution in [2.75, 3.05) is 5.32 Å². The van der Waals surface area contributed by atoms with Crippen LogP contribution in [0.1, 0.15) is 24.0 Å². The number of aromatic nitrogens is 2. The third-order valence-electron chi connectivity index (χ3n) is 5.79. The van der Waals surface area contributed by atoms with Crippen LogP contribution in [0.25, 0.3) is 10.9 Å². The number of carbonyl (C=O) groups is 1. The van der Waals surface area contributed by atoms with E-state index in [9.17, 15) is 9.59 Å². The van der Waals surface area contributed by atoms with E-state index >= 15 is 0 Å². The molecular formula is C25H21N3O2. The van der Waals surface area contributed by atoms with Crippen molar-refractivity contribution in [2.45, 2.75) is 24.8 Å². The molecule has 3 aromatic carbocycles. The van der Waals surface area contributed by atoms with Crippen molar-refractivity contribution in [1.29, 1.82) is 0 Å². The Morgan fingerprint density at radius 1 is 0.967 bits per heavy atom. The van der Waals surface area contributed by atoms with Gasteiger partial charge in [-0.3, -0.25) is 14.2 Å². The normalized spacial score (nSPS) is 14.4. The van der Waals surface area contributed by atoms with Crippen LogP contribution in [-0.4, -0.2) is 15.5 Å². The molecule has 5 rings (SSSR count). The van der Waals surface area contributed by atoms with E-state index in [1.165, 1.54) is 0 Å². The second-order valence-corrected chi connectivity index (χ2v) is 7.80. The maximum atomic E-state index is 13.0. The van der Waals surface area contributed by atoms with Crippen molar-refractivity contribution in [2.24, 2.45) is 0 Å². The number of benzene rings is 3. The maximum absolute atomic E-state index is 13.0. The van der Waals surface area contributed by atoms with Gasteiger partial charge < -0.3 is 5.32 Å². The van der Waals surface area contributed by atoms with Gasteiger partial charge in [-0.2, -0.15) is 0 Å².